The molecule has 0 radical (unpaired) electrons. The number of esters is 2. The number of unbranched alkanes of at least 4 members (excludes halogenated alkanes) is 2. The van der Waals surface area contributed by atoms with Gasteiger partial charge in [-0.25, -0.2) is 0 Å². The van der Waals surface area contributed by atoms with Gasteiger partial charge in [0.2, 0.25) is 0 Å². The molecule has 0 heterocycles. The van der Waals surface area contributed by atoms with Gasteiger partial charge < -0.3 is 9.47 Å². The SMILES string of the molecule is CCCCC(CCC)OC(=O)CC(C(=O)OC(CCC)CCCC)S(=O)(=O)O. The molecule has 0 spiro atoms. The molecular formula is C20H38O7S. The van der Waals surface area contributed by atoms with Crippen LogP contribution in [0.1, 0.15) is 98.3 Å². The van der Waals surface area contributed by atoms with Crippen molar-refractivity contribution in [2.75, 3.05) is 0 Å². The van der Waals surface area contributed by atoms with Crippen LogP contribution in [0.15, 0.2) is 0 Å². The first-order valence-electron chi connectivity index (χ1n) is 10.6. The second-order valence-corrected chi connectivity index (χ2v) is 8.84. The maximum absolute atomic E-state index is 12.4. The smallest absolute Gasteiger partial charge is 0.327 e. The summed E-state index contributed by atoms with van der Waals surface area (Å²) in [6, 6.07) is 0. The van der Waals surface area contributed by atoms with Crippen LogP contribution in [0.5, 0.6) is 0 Å². The lowest BCUT2D eigenvalue weighted by molar-refractivity contribution is -0.156. The van der Waals surface area contributed by atoms with Crippen LogP contribution in [0.25, 0.3) is 0 Å². The highest BCUT2D eigenvalue weighted by Gasteiger charge is 2.37. The standard InChI is InChI=1S/C20H38O7S/c1-5-9-13-16(11-7-3)26-19(21)15-18(28(23,24)25)20(22)27-17(12-8-4)14-10-6-2/h16-18H,5-15H2,1-4H3,(H,23,24,25). The van der Waals surface area contributed by atoms with Crippen LogP contribution in [0.2, 0.25) is 0 Å². The van der Waals surface area contributed by atoms with Crippen molar-refractivity contribution in [2.45, 2.75) is 116 Å². The molecule has 0 rings (SSSR count). The summed E-state index contributed by atoms with van der Waals surface area (Å²) >= 11 is 0. The van der Waals surface area contributed by atoms with Gasteiger partial charge in [-0.15, -0.1) is 0 Å². The van der Waals surface area contributed by atoms with Gasteiger partial charge in [0.1, 0.15) is 12.2 Å². The molecule has 0 aliphatic rings. The van der Waals surface area contributed by atoms with Gasteiger partial charge in [0, 0.05) is 0 Å². The lowest BCUT2D eigenvalue weighted by Gasteiger charge is -2.21. The maximum atomic E-state index is 12.4. The van der Waals surface area contributed by atoms with Crippen molar-refractivity contribution in [1.82, 2.24) is 0 Å². The Morgan fingerprint density at radius 3 is 1.64 bits per heavy atom. The number of rotatable bonds is 16. The molecule has 28 heavy (non-hydrogen) atoms. The molecule has 7 nitrogen and oxygen atoms in total. The van der Waals surface area contributed by atoms with Crippen LogP contribution < -0.4 is 0 Å². The zero-order valence-electron chi connectivity index (χ0n) is 17.8. The Morgan fingerprint density at radius 2 is 1.25 bits per heavy atom. The normalized spacial score (nSPS) is 14.9. The van der Waals surface area contributed by atoms with E-state index in [1.165, 1.54) is 0 Å². The van der Waals surface area contributed by atoms with Crippen molar-refractivity contribution in [3.05, 3.63) is 0 Å². The first-order chi connectivity index (χ1) is 13.2. The van der Waals surface area contributed by atoms with Crippen molar-refractivity contribution < 1.29 is 32.0 Å². The predicted octanol–water partition coefficient (Wildman–Crippen LogP) is 4.44. The molecule has 0 amide bonds. The van der Waals surface area contributed by atoms with Gasteiger partial charge in [-0.2, -0.15) is 8.42 Å². The van der Waals surface area contributed by atoms with Gasteiger partial charge in [-0.1, -0.05) is 66.2 Å². The third kappa shape index (κ3) is 11.6. The maximum Gasteiger partial charge on any atom is 0.327 e. The minimum atomic E-state index is -4.78. The van der Waals surface area contributed by atoms with Crippen LogP contribution in [-0.4, -0.2) is 42.4 Å². The van der Waals surface area contributed by atoms with Crippen LogP contribution >= 0.6 is 0 Å². The van der Waals surface area contributed by atoms with E-state index in [2.05, 4.69) is 0 Å². The number of hydrogen-bond acceptors (Lipinski definition) is 6. The summed E-state index contributed by atoms with van der Waals surface area (Å²) in [5.41, 5.74) is 0. The van der Waals surface area contributed by atoms with E-state index in [1.807, 2.05) is 27.7 Å². The van der Waals surface area contributed by atoms with Gasteiger partial charge in [0.25, 0.3) is 10.1 Å². The Bertz CT molecular complexity index is 545. The Labute approximate surface area is 170 Å². The van der Waals surface area contributed by atoms with E-state index < -0.39 is 39.8 Å². The molecule has 3 unspecified atom stereocenters. The third-order valence-corrected chi connectivity index (χ3v) is 5.61. The molecule has 0 bridgehead atoms. The molecule has 0 aromatic rings. The highest BCUT2D eigenvalue weighted by molar-refractivity contribution is 7.87. The van der Waals surface area contributed by atoms with Crippen molar-refractivity contribution >= 4 is 22.1 Å². The second kappa shape index (κ2) is 14.8. The van der Waals surface area contributed by atoms with E-state index in [0.29, 0.717) is 25.7 Å². The van der Waals surface area contributed by atoms with Crippen LogP contribution in [0.4, 0.5) is 0 Å². The molecule has 0 saturated heterocycles. The molecule has 0 aliphatic carbocycles. The molecule has 3 atom stereocenters. The first-order valence-corrected chi connectivity index (χ1v) is 12.1. The number of ether oxygens (including phenoxy) is 2. The summed E-state index contributed by atoms with van der Waals surface area (Å²) in [5, 5.41) is -1.95. The summed E-state index contributed by atoms with van der Waals surface area (Å²) in [6.45, 7) is 7.94. The molecule has 0 aliphatic heterocycles. The molecule has 166 valence electrons. The summed E-state index contributed by atoms with van der Waals surface area (Å²) < 4.78 is 43.5. The topological polar surface area (TPSA) is 107 Å². The van der Waals surface area contributed by atoms with Crippen molar-refractivity contribution in [1.29, 1.82) is 0 Å². The number of carbonyl (C=O) groups excluding carboxylic acids is 2. The molecule has 0 fully saturated rings. The van der Waals surface area contributed by atoms with Gasteiger partial charge >= 0.3 is 11.9 Å². The third-order valence-electron chi connectivity index (χ3n) is 4.54. The summed E-state index contributed by atoms with van der Waals surface area (Å²) in [4.78, 5) is 24.6. The van der Waals surface area contributed by atoms with E-state index in [-0.39, 0.29) is 6.10 Å². The summed E-state index contributed by atoms with van der Waals surface area (Å²) in [7, 11) is -4.78. The van der Waals surface area contributed by atoms with E-state index in [1.54, 1.807) is 0 Å². The van der Waals surface area contributed by atoms with Crippen molar-refractivity contribution in [2.24, 2.45) is 0 Å². The van der Waals surface area contributed by atoms with Crippen LogP contribution in [0, 0.1) is 0 Å². The Morgan fingerprint density at radius 1 is 0.786 bits per heavy atom. The Hall–Kier alpha value is -1.15. The largest absolute Gasteiger partial charge is 0.462 e. The zero-order chi connectivity index (χ0) is 21.6. The fraction of sp³-hybridized carbons (Fsp3) is 0.900. The lowest BCUT2D eigenvalue weighted by Crippen LogP contribution is -2.37. The summed E-state index contributed by atoms with van der Waals surface area (Å²) in [6.07, 6.45) is 6.30. The quantitative estimate of drug-likeness (QED) is 0.289. The molecular weight excluding hydrogens is 384 g/mol. The van der Waals surface area contributed by atoms with E-state index >= 15 is 0 Å². The summed E-state index contributed by atoms with van der Waals surface area (Å²) in [5.74, 6) is -1.90. The highest BCUT2D eigenvalue weighted by Crippen LogP contribution is 2.18. The average molecular weight is 423 g/mol. The van der Waals surface area contributed by atoms with Gasteiger partial charge in [-0.3, -0.25) is 14.1 Å². The molecule has 0 aromatic carbocycles. The minimum Gasteiger partial charge on any atom is -0.462 e. The Kier molecular flexibility index (Phi) is 14.2. The van der Waals surface area contributed by atoms with E-state index in [4.69, 9.17) is 9.47 Å². The monoisotopic (exact) mass is 422 g/mol. The second-order valence-electron chi connectivity index (χ2n) is 7.24. The molecule has 8 heteroatoms. The van der Waals surface area contributed by atoms with Gasteiger partial charge in [-0.05, 0) is 25.7 Å². The van der Waals surface area contributed by atoms with Gasteiger partial charge in [0.05, 0.1) is 6.42 Å². The minimum absolute atomic E-state index is 0.312. The molecule has 0 saturated carbocycles. The lowest BCUT2D eigenvalue weighted by atomic mass is 10.1. The predicted molar refractivity (Wildman–Crippen MR) is 109 cm³/mol. The fourth-order valence-corrected chi connectivity index (χ4v) is 3.61. The van der Waals surface area contributed by atoms with Crippen molar-refractivity contribution in [3.8, 4) is 0 Å². The molecule has 1 N–H and O–H groups in total. The van der Waals surface area contributed by atoms with E-state index in [9.17, 15) is 22.6 Å². The zero-order valence-corrected chi connectivity index (χ0v) is 18.6. The fourth-order valence-electron chi connectivity index (χ4n) is 2.97. The van der Waals surface area contributed by atoms with Crippen LogP contribution in [-0.2, 0) is 29.2 Å². The van der Waals surface area contributed by atoms with Crippen molar-refractivity contribution in [3.63, 3.8) is 0 Å². The highest BCUT2D eigenvalue weighted by atomic mass is 32.2. The molecule has 0 aromatic heterocycles. The first kappa shape index (κ1) is 26.9. The average Bonchev–Trinajstić information content (AvgIpc) is 2.61. The van der Waals surface area contributed by atoms with Crippen LogP contribution in [0.3, 0.4) is 0 Å². The van der Waals surface area contributed by atoms with Gasteiger partial charge in [0.15, 0.2) is 5.25 Å². The number of carbonyl (C=O) groups is 2. The van der Waals surface area contributed by atoms with E-state index in [0.717, 1.165) is 38.5 Å². The number of hydrogen-bond donors (Lipinski definition) is 1. The Balaban J connectivity index is 5.05.